The highest BCUT2D eigenvalue weighted by Crippen LogP contribution is 1.91. The maximum absolute atomic E-state index is 5.54. The van der Waals surface area contributed by atoms with E-state index in [1.165, 1.54) is 0 Å². The molecule has 0 rings (SSSR count). The Morgan fingerprint density at radius 3 is 2.83 bits per heavy atom. The van der Waals surface area contributed by atoms with Gasteiger partial charge in [-0.25, -0.2) is 4.99 Å². The zero-order valence-corrected chi connectivity index (χ0v) is 7.67. The molecule has 0 aliphatic heterocycles. The molecule has 0 aromatic heterocycles. The molecule has 68 valence electrons. The molecule has 0 radical (unpaired) electrons. The normalized spacial score (nSPS) is 13.2. The summed E-state index contributed by atoms with van der Waals surface area (Å²) in [6.45, 7) is 8.68. The molecule has 3 N–H and O–H groups in total. The van der Waals surface area contributed by atoms with Crippen LogP contribution in [0.3, 0.4) is 0 Å². The number of nitrogens with two attached hydrogens (primary N) is 1. The van der Waals surface area contributed by atoms with E-state index in [0.29, 0.717) is 12.4 Å². The molecule has 4 heteroatoms. The maximum Gasteiger partial charge on any atom is 0.113 e. The molecule has 0 spiro atoms. The monoisotopic (exact) mass is 168 g/mol. The van der Waals surface area contributed by atoms with Crippen molar-refractivity contribution in [1.82, 2.24) is 5.32 Å². The lowest BCUT2D eigenvalue weighted by Gasteiger charge is -1.98. The first-order valence-corrected chi connectivity index (χ1v) is 3.87. The van der Waals surface area contributed by atoms with Crippen molar-refractivity contribution in [2.45, 2.75) is 13.8 Å². The number of allylic oxidation sites excluding steroid dienone is 1. The lowest BCUT2D eigenvalue weighted by molar-refractivity contribution is 0.813. The molecule has 0 saturated carbocycles. The van der Waals surface area contributed by atoms with Crippen LogP contribution in [0.4, 0.5) is 0 Å². The van der Waals surface area contributed by atoms with Gasteiger partial charge in [-0.2, -0.15) is 0 Å². The van der Waals surface area contributed by atoms with Gasteiger partial charge in [0.15, 0.2) is 0 Å². The Hall–Kier alpha value is -1.16. The highest BCUT2D eigenvalue weighted by molar-refractivity contribution is 5.82. The Bertz CT molecular complexity index is 193. The van der Waals surface area contributed by atoms with Gasteiger partial charge in [-0.15, -0.1) is 0 Å². The molecule has 0 aromatic carbocycles. The lowest BCUT2D eigenvalue weighted by atomic mass is 10.5. The molecule has 0 atom stereocenters. The molecule has 0 amide bonds. The summed E-state index contributed by atoms with van der Waals surface area (Å²) in [5, 5.41) is 3.06. The van der Waals surface area contributed by atoms with Crippen LogP contribution in [0.25, 0.3) is 0 Å². The van der Waals surface area contributed by atoms with Crippen LogP contribution in [0.5, 0.6) is 0 Å². The number of nitrogens with zero attached hydrogens (tertiary/aromatic N) is 2. The average molecular weight is 168 g/mol. The van der Waals surface area contributed by atoms with Gasteiger partial charge in [0.1, 0.15) is 5.84 Å². The summed E-state index contributed by atoms with van der Waals surface area (Å²) >= 11 is 0. The maximum atomic E-state index is 5.54. The van der Waals surface area contributed by atoms with Gasteiger partial charge >= 0.3 is 0 Å². The summed E-state index contributed by atoms with van der Waals surface area (Å²) in [4.78, 5) is 7.64. The quantitative estimate of drug-likeness (QED) is 0.464. The molecule has 0 bridgehead atoms. The van der Waals surface area contributed by atoms with Crippen LogP contribution in [0, 0.1) is 0 Å². The van der Waals surface area contributed by atoms with E-state index in [-0.39, 0.29) is 0 Å². The first-order valence-electron chi connectivity index (χ1n) is 3.87. The smallest absolute Gasteiger partial charge is 0.113 e. The zero-order chi connectivity index (χ0) is 9.40. The van der Waals surface area contributed by atoms with Crippen molar-refractivity contribution < 1.29 is 0 Å². The van der Waals surface area contributed by atoms with E-state index in [2.05, 4.69) is 22.0 Å². The van der Waals surface area contributed by atoms with Crippen LogP contribution in [0.1, 0.15) is 13.8 Å². The van der Waals surface area contributed by atoms with Gasteiger partial charge in [0.2, 0.25) is 0 Å². The van der Waals surface area contributed by atoms with E-state index >= 15 is 0 Å². The summed E-state index contributed by atoms with van der Waals surface area (Å²) in [5.74, 6) is 0.555. The second-order valence-corrected chi connectivity index (χ2v) is 2.33. The van der Waals surface area contributed by atoms with Crippen molar-refractivity contribution in [3.8, 4) is 0 Å². The van der Waals surface area contributed by atoms with Crippen molar-refractivity contribution in [2.75, 3.05) is 13.1 Å². The number of amidine groups is 1. The summed E-state index contributed by atoms with van der Waals surface area (Å²) < 4.78 is 0. The van der Waals surface area contributed by atoms with Gasteiger partial charge in [0.05, 0.1) is 18.4 Å². The summed E-state index contributed by atoms with van der Waals surface area (Å²) in [5.41, 5.74) is 6.30. The Morgan fingerprint density at radius 1 is 1.67 bits per heavy atom. The number of likely N-dealkylation sites (N-methyl/N-ethyl adjacent to an activating group) is 1. The summed E-state index contributed by atoms with van der Waals surface area (Å²) in [6.07, 6.45) is 1.60. The number of hydrogen-bond acceptors (Lipinski definition) is 3. The van der Waals surface area contributed by atoms with E-state index in [9.17, 15) is 0 Å². The zero-order valence-electron chi connectivity index (χ0n) is 7.67. The first-order chi connectivity index (χ1) is 5.70. The fraction of sp³-hybridized carbons (Fsp3) is 0.500. The Labute approximate surface area is 73.3 Å². The molecule has 0 unspecified atom stereocenters. The van der Waals surface area contributed by atoms with Gasteiger partial charge in [0.25, 0.3) is 0 Å². The van der Waals surface area contributed by atoms with E-state index in [1.54, 1.807) is 6.20 Å². The van der Waals surface area contributed by atoms with E-state index < -0.39 is 0 Å². The van der Waals surface area contributed by atoms with Crippen molar-refractivity contribution >= 4 is 12.6 Å². The minimum Gasteiger partial charge on any atom is -0.386 e. The summed E-state index contributed by atoms with van der Waals surface area (Å²) in [6, 6.07) is 0. The molecule has 0 saturated heterocycles. The predicted molar refractivity (Wildman–Crippen MR) is 53.5 cm³/mol. The second-order valence-electron chi connectivity index (χ2n) is 2.33. The van der Waals surface area contributed by atoms with Crippen LogP contribution in [0.2, 0.25) is 0 Å². The predicted octanol–water partition coefficient (Wildman–Crippen LogP) is 0.515. The highest BCUT2D eigenvalue weighted by Gasteiger charge is 1.87. The van der Waals surface area contributed by atoms with Crippen LogP contribution in [-0.4, -0.2) is 25.6 Å². The van der Waals surface area contributed by atoms with E-state index in [4.69, 9.17) is 5.73 Å². The minimum atomic E-state index is 0.555. The van der Waals surface area contributed by atoms with Crippen LogP contribution >= 0.6 is 0 Å². The standard InChI is InChI=1S/C8H16N4/c1-4-11-6-8(9)12-5-7(2)10-3/h5,11H,3-4,6H2,1-2H3,(H2,9,12)/b7-5-. The summed E-state index contributed by atoms with van der Waals surface area (Å²) in [7, 11) is 0. The molecule has 0 aliphatic carbocycles. The van der Waals surface area contributed by atoms with Crippen molar-refractivity contribution in [3.63, 3.8) is 0 Å². The minimum absolute atomic E-state index is 0.555. The third kappa shape index (κ3) is 5.61. The Kier molecular flexibility index (Phi) is 5.91. The third-order valence-electron chi connectivity index (χ3n) is 1.22. The topological polar surface area (TPSA) is 62.8 Å². The Balaban J connectivity index is 3.90. The van der Waals surface area contributed by atoms with Gasteiger partial charge in [-0.3, -0.25) is 4.99 Å². The largest absolute Gasteiger partial charge is 0.386 e. The molecule has 12 heavy (non-hydrogen) atoms. The number of rotatable bonds is 5. The molecule has 0 aromatic rings. The van der Waals surface area contributed by atoms with Gasteiger partial charge < -0.3 is 11.1 Å². The van der Waals surface area contributed by atoms with E-state index in [0.717, 1.165) is 12.2 Å². The second kappa shape index (κ2) is 6.54. The molecule has 0 aliphatic rings. The van der Waals surface area contributed by atoms with E-state index in [1.807, 2.05) is 13.8 Å². The molecular formula is C8H16N4. The SMILES string of the molecule is C=N/C(C)=C\N=C(N)CNCC. The van der Waals surface area contributed by atoms with Gasteiger partial charge in [-0.05, 0) is 20.2 Å². The molecule has 0 fully saturated rings. The van der Waals surface area contributed by atoms with Crippen LogP contribution < -0.4 is 11.1 Å². The van der Waals surface area contributed by atoms with Crippen LogP contribution in [-0.2, 0) is 0 Å². The lowest BCUT2D eigenvalue weighted by Crippen LogP contribution is -2.28. The van der Waals surface area contributed by atoms with Crippen molar-refractivity contribution in [2.24, 2.45) is 15.7 Å². The third-order valence-corrected chi connectivity index (χ3v) is 1.22. The number of hydrogen-bond donors (Lipinski definition) is 2. The fourth-order valence-electron chi connectivity index (χ4n) is 0.516. The Morgan fingerprint density at radius 2 is 2.33 bits per heavy atom. The molecular weight excluding hydrogens is 152 g/mol. The van der Waals surface area contributed by atoms with Crippen molar-refractivity contribution in [1.29, 1.82) is 0 Å². The number of aliphatic imine (C=N–C) groups is 2. The van der Waals surface area contributed by atoms with Crippen LogP contribution in [0.15, 0.2) is 21.9 Å². The van der Waals surface area contributed by atoms with Crippen molar-refractivity contribution in [3.05, 3.63) is 11.9 Å². The molecule has 4 nitrogen and oxygen atoms in total. The average Bonchev–Trinajstić information content (AvgIpc) is 2.10. The molecule has 0 heterocycles. The van der Waals surface area contributed by atoms with Gasteiger partial charge in [-0.1, -0.05) is 6.92 Å². The highest BCUT2D eigenvalue weighted by atomic mass is 14.9. The number of nitrogens with one attached hydrogen (secondary N) is 1. The first kappa shape index (κ1) is 10.8. The van der Waals surface area contributed by atoms with Gasteiger partial charge in [0, 0.05) is 0 Å². The fourth-order valence-corrected chi connectivity index (χ4v) is 0.516.